The van der Waals surface area contributed by atoms with E-state index >= 15 is 0 Å². The number of fused-ring (bicyclic) bond motifs is 3. The first kappa shape index (κ1) is 43.0. The molecule has 0 bridgehead atoms. The van der Waals surface area contributed by atoms with E-state index in [2.05, 4.69) is 32.6 Å². The van der Waals surface area contributed by atoms with Gasteiger partial charge in [-0.3, -0.25) is 9.59 Å². The molecule has 16 heteroatoms. The molecule has 2 saturated heterocycles. The van der Waals surface area contributed by atoms with Crippen LogP contribution in [0.25, 0.3) is 10.9 Å². The number of aliphatic carboxylic acids is 1. The zero-order valence-electron chi connectivity index (χ0n) is 34.5. The number of halogens is 1. The van der Waals surface area contributed by atoms with Crippen LogP contribution in [-0.4, -0.2) is 101 Å². The van der Waals surface area contributed by atoms with Gasteiger partial charge in [0.05, 0.1) is 30.4 Å². The molecule has 4 fully saturated rings. The summed E-state index contributed by atoms with van der Waals surface area (Å²) < 4.78 is 30.5. The number of nitrogens with one attached hydrogen (secondary N) is 2. The smallest absolute Gasteiger partial charge is 0.486 e. The number of nitrogens with zero attached hydrogens (tertiary/aromatic N) is 2. The molecular formula is C43H56BBrN4O10. The van der Waals surface area contributed by atoms with Crippen LogP contribution in [-0.2, 0) is 28.4 Å². The Hall–Kier alpha value is -4.15. The Kier molecular flexibility index (Phi) is 12.7. The molecule has 2 saturated carbocycles. The molecule has 3 amide bonds. The highest BCUT2D eigenvalue weighted by Gasteiger charge is 2.61. The average Bonchev–Trinajstić information content (AvgIpc) is 4.02. The second-order valence-electron chi connectivity index (χ2n) is 17.5. The number of benzene rings is 1. The number of carboxylic acids is 1. The summed E-state index contributed by atoms with van der Waals surface area (Å²) in [5, 5.41) is 16.7. The summed E-state index contributed by atoms with van der Waals surface area (Å²) in [4.78, 5) is 60.7. The summed E-state index contributed by atoms with van der Waals surface area (Å²) in [5.74, 6) is 0.428. The third kappa shape index (κ3) is 9.44. The van der Waals surface area contributed by atoms with Crippen molar-refractivity contribution in [2.24, 2.45) is 11.8 Å². The van der Waals surface area contributed by atoms with E-state index in [4.69, 9.17) is 28.5 Å². The molecule has 7 atom stereocenters. The molecule has 1 aromatic heterocycles. The SMILES string of the molecule is COc1c(Br)c(O[C@@H]2C[C@H]3C(=O)N[C@]4(C(=O)O)C[C@H]4C=CCCCCC[C@H](NC(=O)O[C@@H]4C[C@H]4CCCC=CB4OC(C)(C)C(C)(C)O4)C(=O)N3C2)nc2ccccc12. The number of carboxylic acid groups (broad SMARTS) is 1. The molecule has 0 spiro atoms. The standard InChI is InChI=1S/C43H56BBrN4O10/c1-41(2)42(3,4)59-44(58-41)21-15-9-10-16-26-22-33(26)57-40(54)47-31-20-12-8-6-7-11-17-27-24-43(27,39(52)53)48-36(50)32-23-28(25-49(32)38(31)51)56-37-34(45)35(55-5)29-18-13-14-19-30(29)46-37/h11,13-15,17-19,21,26-28,31-33H,6-10,12,16,20,22-25H2,1-5H3,(H,47,54)(H,48,50)(H,52,53)/t26-,27-,28-,31+,32+,33-,43-/m1/s1. The lowest BCUT2D eigenvalue weighted by molar-refractivity contribution is -0.145. The third-order valence-corrected chi connectivity index (χ3v) is 13.5. The van der Waals surface area contributed by atoms with E-state index in [0.29, 0.717) is 28.6 Å². The van der Waals surface area contributed by atoms with Gasteiger partial charge in [0.1, 0.15) is 40.1 Å². The zero-order chi connectivity index (χ0) is 42.1. The van der Waals surface area contributed by atoms with Crippen molar-refractivity contribution in [2.75, 3.05) is 13.7 Å². The molecular weight excluding hydrogens is 823 g/mol. The molecule has 59 heavy (non-hydrogen) atoms. The number of pyridine rings is 1. The van der Waals surface area contributed by atoms with Gasteiger partial charge < -0.3 is 44.2 Å². The highest BCUT2D eigenvalue weighted by molar-refractivity contribution is 9.10. The van der Waals surface area contributed by atoms with E-state index in [9.17, 15) is 24.3 Å². The van der Waals surface area contributed by atoms with Crippen molar-refractivity contribution in [2.45, 2.75) is 139 Å². The number of hydrogen-bond donors (Lipinski definition) is 3. The van der Waals surface area contributed by atoms with Gasteiger partial charge in [0, 0.05) is 17.7 Å². The van der Waals surface area contributed by atoms with Gasteiger partial charge in [-0.1, -0.05) is 49.2 Å². The maximum atomic E-state index is 14.5. The van der Waals surface area contributed by atoms with E-state index in [1.807, 2.05) is 70.1 Å². The van der Waals surface area contributed by atoms with Crippen molar-refractivity contribution in [1.82, 2.24) is 20.5 Å². The Morgan fingerprint density at radius 3 is 2.63 bits per heavy atom. The minimum absolute atomic E-state index is 0.00444. The van der Waals surface area contributed by atoms with Crippen LogP contribution in [0.5, 0.6) is 11.6 Å². The third-order valence-electron chi connectivity index (χ3n) is 12.8. The molecule has 3 aliphatic heterocycles. The minimum Gasteiger partial charge on any atom is -0.495 e. The number of rotatable bonds is 11. The van der Waals surface area contributed by atoms with E-state index in [1.165, 1.54) is 4.90 Å². The molecule has 0 unspecified atom stereocenters. The number of carbonyl (C=O) groups is 4. The number of ether oxygens (including phenoxy) is 3. The number of alkyl carbamates (subject to hydrolysis) is 1. The van der Waals surface area contributed by atoms with Crippen LogP contribution in [0.1, 0.15) is 98.3 Å². The largest absolute Gasteiger partial charge is 0.495 e. The van der Waals surface area contributed by atoms with Gasteiger partial charge in [-0.15, -0.1) is 0 Å². The van der Waals surface area contributed by atoms with Crippen LogP contribution in [0.4, 0.5) is 4.79 Å². The van der Waals surface area contributed by atoms with Crippen LogP contribution in [0.2, 0.25) is 0 Å². The van der Waals surface area contributed by atoms with Gasteiger partial charge in [-0.05, 0) is 113 Å². The average molecular weight is 880 g/mol. The van der Waals surface area contributed by atoms with Gasteiger partial charge in [0.15, 0.2) is 0 Å². The lowest BCUT2D eigenvalue weighted by atomic mass is 9.89. The monoisotopic (exact) mass is 878 g/mol. The topological polar surface area (TPSA) is 175 Å². The Labute approximate surface area is 354 Å². The summed E-state index contributed by atoms with van der Waals surface area (Å²) in [6, 6.07) is 5.42. The van der Waals surface area contributed by atoms with E-state index in [1.54, 1.807) is 7.11 Å². The maximum absolute atomic E-state index is 14.5. The molecule has 5 aliphatic rings. The molecule has 2 aliphatic carbocycles. The first-order chi connectivity index (χ1) is 28.1. The predicted octanol–water partition coefficient (Wildman–Crippen LogP) is 6.68. The van der Waals surface area contributed by atoms with Crippen molar-refractivity contribution in [3.8, 4) is 11.6 Å². The fourth-order valence-corrected chi connectivity index (χ4v) is 8.93. The lowest BCUT2D eigenvalue weighted by Gasteiger charge is -2.32. The van der Waals surface area contributed by atoms with Crippen LogP contribution < -0.4 is 20.1 Å². The van der Waals surface area contributed by atoms with Crippen molar-refractivity contribution in [1.29, 1.82) is 0 Å². The molecule has 7 rings (SSSR count). The van der Waals surface area contributed by atoms with Gasteiger partial charge in [0.2, 0.25) is 17.7 Å². The number of carbonyl (C=O) groups excluding carboxylic acids is 3. The lowest BCUT2D eigenvalue weighted by Crippen LogP contribution is -2.56. The minimum atomic E-state index is -1.45. The summed E-state index contributed by atoms with van der Waals surface area (Å²) in [7, 11) is 1.17. The fourth-order valence-electron chi connectivity index (χ4n) is 8.37. The van der Waals surface area contributed by atoms with Gasteiger partial charge in [-0.25, -0.2) is 14.6 Å². The zero-order valence-corrected chi connectivity index (χ0v) is 36.1. The summed E-state index contributed by atoms with van der Waals surface area (Å²) in [5.41, 5.74) is -1.59. The number of hydrogen-bond acceptors (Lipinski definition) is 10. The Morgan fingerprint density at radius 2 is 1.88 bits per heavy atom. The fraction of sp³-hybridized carbons (Fsp3) is 0.605. The number of allylic oxidation sites excluding steroid dienone is 2. The molecule has 4 heterocycles. The molecule has 318 valence electrons. The highest BCUT2D eigenvalue weighted by atomic mass is 79.9. The maximum Gasteiger partial charge on any atom is 0.486 e. The van der Waals surface area contributed by atoms with Crippen molar-refractivity contribution >= 4 is 57.8 Å². The number of methoxy groups -OCH3 is 1. The van der Waals surface area contributed by atoms with E-state index in [0.717, 1.165) is 50.3 Å². The van der Waals surface area contributed by atoms with Crippen LogP contribution in [0, 0.1) is 11.8 Å². The van der Waals surface area contributed by atoms with Gasteiger partial charge >= 0.3 is 19.2 Å². The van der Waals surface area contributed by atoms with Crippen molar-refractivity contribution in [3.05, 3.63) is 52.9 Å². The first-order valence-corrected chi connectivity index (χ1v) is 21.7. The molecule has 0 radical (unpaired) electrons. The normalized spacial score (nSPS) is 30.2. The van der Waals surface area contributed by atoms with Gasteiger partial charge in [0.25, 0.3) is 0 Å². The molecule has 1 aromatic carbocycles. The molecule has 14 nitrogen and oxygen atoms in total. The Morgan fingerprint density at radius 1 is 1.12 bits per heavy atom. The van der Waals surface area contributed by atoms with Crippen LogP contribution in [0.15, 0.2) is 52.9 Å². The van der Waals surface area contributed by atoms with Crippen molar-refractivity contribution < 1.29 is 47.8 Å². The number of aromatic nitrogens is 1. The van der Waals surface area contributed by atoms with Crippen LogP contribution in [0.3, 0.4) is 0 Å². The predicted molar refractivity (Wildman–Crippen MR) is 224 cm³/mol. The molecule has 2 aromatic rings. The van der Waals surface area contributed by atoms with E-state index < -0.39 is 47.6 Å². The van der Waals surface area contributed by atoms with Crippen LogP contribution >= 0.6 is 15.9 Å². The van der Waals surface area contributed by atoms with E-state index in [-0.39, 0.29) is 61.5 Å². The highest BCUT2D eigenvalue weighted by Crippen LogP contribution is 2.46. The number of para-hydroxylation sites is 1. The second kappa shape index (κ2) is 17.4. The number of unbranched alkanes of at least 4 members (excludes halogenated alkanes) is 1. The first-order valence-electron chi connectivity index (χ1n) is 20.9. The van der Waals surface area contributed by atoms with Gasteiger partial charge in [-0.2, -0.15) is 0 Å². The summed E-state index contributed by atoms with van der Waals surface area (Å²) >= 11 is 3.58. The molecule has 3 N–H and O–H groups in total. The summed E-state index contributed by atoms with van der Waals surface area (Å²) in [6.07, 6.45) is 11.4. The Bertz CT molecular complexity index is 1980. The quantitative estimate of drug-likeness (QED) is 0.125. The Balaban J connectivity index is 1.02. The number of amides is 3. The second-order valence-corrected chi connectivity index (χ2v) is 18.3. The van der Waals surface area contributed by atoms with Crippen molar-refractivity contribution in [3.63, 3.8) is 0 Å². The summed E-state index contributed by atoms with van der Waals surface area (Å²) in [6.45, 7) is 8.11.